The fourth-order valence-corrected chi connectivity index (χ4v) is 1.90. The highest BCUT2D eigenvalue weighted by Gasteiger charge is 2.06. The van der Waals surface area contributed by atoms with E-state index in [1.165, 1.54) is 0 Å². The standard InChI is InChI=1S/C15H20N2O3/c1-4-19-14-7-12(5-6-13(14)18-3)9-16-10-15-17-8-11(2)20-15/h5-8,16H,4,9-10H2,1-3H3. The molecule has 0 saturated heterocycles. The Labute approximate surface area is 118 Å². The van der Waals surface area contributed by atoms with Crippen molar-refractivity contribution in [1.82, 2.24) is 10.3 Å². The second-order valence-electron chi connectivity index (χ2n) is 4.39. The number of benzene rings is 1. The molecule has 0 radical (unpaired) electrons. The number of methoxy groups -OCH3 is 1. The van der Waals surface area contributed by atoms with Gasteiger partial charge in [0, 0.05) is 6.54 Å². The normalized spacial score (nSPS) is 10.6. The Morgan fingerprint density at radius 3 is 2.75 bits per heavy atom. The zero-order valence-electron chi connectivity index (χ0n) is 12.1. The smallest absolute Gasteiger partial charge is 0.208 e. The summed E-state index contributed by atoms with van der Waals surface area (Å²) in [5.74, 6) is 3.03. The monoisotopic (exact) mass is 276 g/mol. The molecule has 1 aromatic heterocycles. The third-order valence-electron chi connectivity index (χ3n) is 2.80. The quantitative estimate of drug-likeness (QED) is 0.842. The van der Waals surface area contributed by atoms with E-state index in [0.29, 0.717) is 25.6 Å². The first-order chi connectivity index (χ1) is 9.72. The number of rotatable bonds is 7. The maximum absolute atomic E-state index is 5.55. The van der Waals surface area contributed by atoms with Crippen LogP contribution in [0.25, 0.3) is 0 Å². The van der Waals surface area contributed by atoms with Gasteiger partial charge in [0.05, 0.1) is 26.5 Å². The Bertz CT molecular complexity index is 552. The number of hydrogen-bond acceptors (Lipinski definition) is 5. The van der Waals surface area contributed by atoms with Crippen LogP contribution in [-0.4, -0.2) is 18.7 Å². The summed E-state index contributed by atoms with van der Waals surface area (Å²) in [5, 5.41) is 3.29. The number of aryl methyl sites for hydroxylation is 1. The molecule has 2 rings (SSSR count). The topological polar surface area (TPSA) is 56.5 Å². The van der Waals surface area contributed by atoms with Crippen LogP contribution in [0.2, 0.25) is 0 Å². The predicted molar refractivity (Wildman–Crippen MR) is 75.9 cm³/mol. The lowest BCUT2D eigenvalue weighted by Gasteiger charge is -2.11. The molecule has 0 saturated carbocycles. The second kappa shape index (κ2) is 6.96. The van der Waals surface area contributed by atoms with E-state index in [1.54, 1.807) is 13.3 Å². The molecule has 108 valence electrons. The summed E-state index contributed by atoms with van der Waals surface area (Å²) in [7, 11) is 1.64. The van der Waals surface area contributed by atoms with Crippen molar-refractivity contribution in [3.63, 3.8) is 0 Å². The van der Waals surface area contributed by atoms with Gasteiger partial charge in [-0.2, -0.15) is 0 Å². The first-order valence-corrected chi connectivity index (χ1v) is 6.64. The molecule has 0 bridgehead atoms. The van der Waals surface area contributed by atoms with Gasteiger partial charge in [-0.1, -0.05) is 6.07 Å². The summed E-state index contributed by atoms with van der Waals surface area (Å²) in [6.07, 6.45) is 1.72. The number of oxazole rings is 1. The number of aromatic nitrogens is 1. The molecule has 5 heteroatoms. The van der Waals surface area contributed by atoms with Crippen molar-refractivity contribution < 1.29 is 13.9 Å². The van der Waals surface area contributed by atoms with Crippen LogP contribution in [0.1, 0.15) is 24.1 Å². The van der Waals surface area contributed by atoms with E-state index in [2.05, 4.69) is 10.3 Å². The minimum absolute atomic E-state index is 0.601. The highest BCUT2D eigenvalue weighted by molar-refractivity contribution is 5.42. The molecule has 2 aromatic rings. The maximum Gasteiger partial charge on any atom is 0.208 e. The Hall–Kier alpha value is -2.01. The molecule has 0 aliphatic heterocycles. The summed E-state index contributed by atoms with van der Waals surface area (Å²) in [5.41, 5.74) is 1.12. The van der Waals surface area contributed by atoms with Crippen LogP contribution in [0, 0.1) is 6.92 Å². The van der Waals surface area contributed by atoms with Crippen LogP contribution < -0.4 is 14.8 Å². The Morgan fingerprint density at radius 2 is 2.10 bits per heavy atom. The molecule has 1 N–H and O–H groups in total. The van der Waals surface area contributed by atoms with Gasteiger partial charge in [0.1, 0.15) is 5.76 Å². The van der Waals surface area contributed by atoms with Crippen molar-refractivity contribution in [3.8, 4) is 11.5 Å². The van der Waals surface area contributed by atoms with Crippen molar-refractivity contribution in [2.24, 2.45) is 0 Å². The first kappa shape index (κ1) is 14.4. The van der Waals surface area contributed by atoms with E-state index < -0.39 is 0 Å². The van der Waals surface area contributed by atoms with Gasteiger partial charge in [0.2, 0.25) is 5.89 Å². The summed E-state index contributed by atoms with van der Waals surface area (Å²) in [6, 6.07) is 5.91. The fraction of sp³-hybridized carbons (Fsp3) is 0.400. The van der Waals surface area contributed by atoms with Crippen LogP contribution in [0.3, 0.4) is 0 Å². The van der Waals surface area contributed by atoms with Gasteiger partial charge < -0.3 is 19.2 Å². The lowest BCUT2D eigenvalue weighted by Crippen LogP contribution is -2.13. The van der Waals surface area contributed by atoms with Crippen molar-refractivity contribution in [1.29, 1.82) is 0 Å². The van der Waals surface area contributed by atoms with E-state index in [-0.39, 0.29) is 0 Å². The van der Waals surface area contributed by atoms with Gasteiger partial charge in [-0.15, -0.1) is 0 Å². The number of nitrogens with one attached hydrogen (secondary N) is 1. The predicted octanol–water partition coefficient (Wildman–Crippen LogP) is 2.68. The molecule has 1 heterocycles. The molecular formula is C15H20N2O3. The Kier molecular flexibility index (Phi) is 5.01. The molecule has 0 atom stereocenters. The molecule has 0 spiro atoms. The lowest BCUT2D eigenvalue weighted by atomic mass is 10.2. The highest BCUT2D eigenvalue weighted by Crippen LogP contribution is 2.27. The molecule has 5 nitrogen and oxygen atoms in total. The van der Waals surface area contributed by atoms with Crippen molar-refractivity contribution in [3.05, 3.63) is 41.6 Å². The molecule has 20 heavy (non-hydrogen) atoms. The molecule has 0 fully saturated rings. The number of ether oxygens (including phenoxy) is 2. The average molecular weight is 276 g/mol. The van der Waals surface area contributed by atoms with Crippen molar-refractivity contribution in [2.75, 3.05) is 13.7 Å². The van der Waals surface area contributed by atoms with Crippen LogP contribution in [0.5, 0.6) is 11.5 Å². The largest absolute Gasteiger partial charge is 0.493 e. The van der Waals surface area contributed by atoms with Crippen molar-refractivity contribution >= 4 is 0 Å². The third-order valence-corrected chi connectivity index (χ3v) is 2.80. The summed E-state index contributed by atoms with van der Waals surface area (Å²) < 4.78 is 16.2. The molecular weight excluding hydrogens is 256 g/mol. The zero-order valence-corrected chi connectivity index (χ0v) is 12.1. The van der Waals surface area contributed by atoms with E-state index in [9.17, 15) is 0 Å². The third kappa shape index (κ3) is 3.74. The molecule has 0 aliphatic rings. The van der Waals surface area contributed by atoms with Crippen LogP contribution in [-0.2, 0) is 13.1 Å². The number of hydrogen-bond donors (Lipinski definition) is 1. The summed E-state index contributed by atoms with van der Waals surface area (Å²) >= 11 is 0. The molecule has 0 unspecified atom stereocenters. The van der Waals surface area contributed by atoms with Crippen LogP contribution >= 0.6 is 0 Å². The lowest BCUT2D eigenvalue weighted by molar-refractivity contribution is 0.310. The van der Waals surface area contributed by atoms with Gasteiger partial charge in [-0.05, 0) is 31.5 Å². The summed E-state index contributed by atoms with van der Waals surface area (Å²) in [4.78, 5) is 4.15. The Balaban J connectivity index is 1.93. The van der Waals surface area contributed by atoms with Gasteiger partial charge in [0.25, 0.3) is 0 Å². The van der Waals surface area contributed by atoms with Crippen LogP contribution in [0.15, 0.2) is 28.8 Å². The molecule has 0 aliphatic carbocycles. The summed E-state index contributed by atoms with van der Waals surface area (Å²) in [6.45, 7) is 5.77. The van der Waals surface area contributed by atoms with Gasteiger partial charge in [-0.3, -0.25) is 0 Å². The molecule has 1 aromatic carbocycles. The second-order valence-corrected chi connectivity index (χ2v) is 4.39. The Morgan fingerprint density at radius 1 is 1.25 bits per heavy atom. The zero-order chi connectivity index (χ0) is 14.4. The van der Waals surface area contributed by atoms with Gasteiger partial charge >= 0.3 is 0 Å². The fourth-order valence-electron chi connectivity index (χ4n) is 1.90. The van der Waals surface area contributed by atoms with Crippen molar-refractivity contribution in [2.45, 2.75) is 26.9 Å². The van der Waals surface area contributed by atoms with Gasteiger partial charge in [0.15, 0.2) is 11.5 Å². The highest BCUT2D eigenvalue weighted by atomic mass is 16.5. The minimum Gasteiger partial charge on any atom is -0.493 e. The van der Waals surface area contributed by atoms with Gasteiger partial charge in [-0.25, -0.2) is 4.98 Å². The average Bonchev–Trinajstić information content (AvgIpc) is 2.85. The maximum atomic E-state index is 5.55. The first-order valence-electron chi connectivity index (χ1n) is 6.64. The minimum atomic E-state index is 0.601. The van der Waals surface area contributed by atoms with Crippen LogP contribution in [0.4, 0.5) is 0 Å². The molecule has 0 amide bonds. The van der Waals surface area contributed by atoms with E-state index >= 15 is 0 Å². The van der Waals surface area contributed by atoms with E-state index in [1.807, 2.05) is 32.0 Å². The van der Waals surface area contributed by atoms with E-state index in [4.69, 9.17) is 13.9 Å². The SMILES string of the molecule is CCOc1cc(CNCc2ncc(C)o2)ccc1OC. The van der Waals surface area contributed by atoms with E-state index in [0.717, 1.165) is 22.8 Å². The number of nitrogens with zero attached hydrogens (tertiary/aromatic N) is 1.